The van der Waals surface area contributed by atoms with Crippen molar-refractivity contribution >= 4 is 5.91 Å². The number of carbonyl (C=O) groups is 1. The van der Waals surface area contributed by atoms with Crippen LogP contribution in [0.15, 0.2) is 24.3 Å². The van der Waals surface area contributed by atoms with E-state index in [1.807, 2.05) is 0 Å². The molecule has 0 heterocycles. The summed E-state index contributed by atoms with van der Waals surface area (Å²) >= 11 is 0. The molecule has 0 aromatic heterocycles. The third-order valence-corrected chi connectivity index (χ3v) is 3.28. The third kappa shape index (κ3) is 15.3. The van der Waals surface area contributed by atoms with Gasteiger partial charge in [0, 0.05) is 19.4 Å². The lowest BCUT2D eigenvalue weighted by atomic mass is 10.1. The number of aliphatic hydroxyl groups is 1. The number of allylic oxidation sites excluding steroid dienone is 4. The monoisotopic (exact) mass is 311 g/mol. The van der Waals surface area contributed by atoms with Crippen LogP contribution in [0.3, 0.4) is 0 Å². The van der Waals surface area contributed by atoms with Crippen molar-refractivity contribution in [1.82, 2.24) is 5.32 Å². The molecule has 0 radical (unpaired) electrons. The molecule has 0 aromatic carbocycles. The fourth-order valence-electron chi connectivity index (χ4n) is 1.98. The first-order chi connectivity index (χ1) is 10.3. The summed E-state index contributed by atoms with van der Waals surface area (Å²) in [7, 11) is 6.35. The maximum Gasteiger partial charge on any atom is 0.220 e. The topological polar surface area (TPSA) is 49.3 Å². The van der Waals surface area contributed by atoms with E-state index in [9.17, 15) is 9.90 Å². The summed E-state index contributed by atoms with van der Waals surface area (Å²) in [4.78, 5) is 11.7. The molecular formula is C18H35N2O2+. The molecule has 2 N–H and O–H groups in total. The fourth-order valence-corrected chi connectivity index (χ4v) is 1.98. The van der Waals surface area contributed by atoms with Gasteiger partial charge in [-0.3, -0.25) is 4.79 Å². The van der Waals surface area contributed by atoms with Crippen LogP contribution in [0.2, 0.25) is 0 Å². The lowest BCUT2D eigenvalue weighted by Crippen LogP contribution is -2.37. The van der Waals surface area contributed by atoms with Gasteiger partial charge in [-0.25, -0.2) is 0 Å². The highest BCUT2D eigenvalue weighted by atomic mass is 16.3. The molecule has 1 atom stereocenters. The van der Waals surface area contributed by atoms with E-state index in [0.717, 1.165) is 36.7 Å². The van der Waals surface area contributed by atoms with Gasteiger partial charge in [-0.1, -0.05) is 31.2 Å². The number of rotatable bonds is 12. The summed E-state index contributed by atoms with van der Waals surface area (Å²) in [5.74, 6) is 0.0349. The minimum Gasteiger partial charge on any atom is -0.391 e. The van der Waals surface area contributed by atoms with Gasteiger partial charge in [0.15, 0.2) is 0 Å². The van der Waals surface area contributed by atoms with E-state index in [2.05, 4.69) is 57.7 Å². The molecule has 4 nitrogen and oxygen atoms in total. The molecule has 0 rings (SSSR count). The average molecular weight is 311 g/mol. The molecule has 0 aromatic rings. The van der Waals surface area contributed by atoms with Gasteiger partial charge >= 0.3 is 0 Å². The van der Waals surface area contributed by atoms with Crippen molar-refractivity contribution in [3.8, 4) is 0 Å². The highest BCUT2D eigenvalue weighted by Crippen LogP contribution is 2.00. The van der Waals surface area contributed by atoms with Gasteiger partial charge in [0.1, 0.15) is 0 Å². The van der Waals surface area contributed by atoms with E-state index < -0.39 is 6.10 Å². The Morgan fingerprint density at radius 3 is 2.50 bits per heavy atom. The normalized spacial score (nSPS) is 13.9. The Morgan fingerprint density at radius 1 is 1.18 bits per heavy atom. The molecule has 0 aliphatic heterocycles. The Balaban J connectivity index is 3.61. The van der Waals surface area contributed by atoms with Crippen LogP contribution in [-0.4, -0.2) is 55.8 Å². The minimum absolute atomic E-state index is 0.0349. The smallest absolute Gasteiger partial charge is 0.220 e. The molecule has 0 unspecified atom stereocenters. The van der Waals surface area contributed by atoms with Gasteiger partial charge in [-0.15, -0.1) is 0 Å². The van der Waals surface area contributed by atoms with Crippen molar-refractivity contribution in [3.63, 3.8) is 0 Å². The maximum absolute atomic E-state index is 11.7. The number of amides is 1. The summed E-state index contributed by atoms with van der Waals surface area (Å²) in [5.41, 5.74) is 0. The number of nitrogens with one attached hydrogen (secondary N) is 1. The molecule has 0 saturated carbocycles. The molecule has 0 fully saturated rings. The standard InChI is InChI=1S/C18H34N2O2/c1-5-6-7-8-9-10-11-13-17(21)16-19-18(22)14-12-15-20(2,3)4/h6-7,9-10,17,21H,5,8,11-16H2,1-4H3/p+1/b7-6-,10-9-/t17-/m1/s1. The molecule has 0 spiro atoms. The van der Waals surface area contributed by atoms with Crippen LogP contribution < -0.4 is 5.32 Å². The SMILES string of the molecule is CC/C=C\C/C=C\CC[C@@H](O)CNC(=O)CCC[N+](C)(C)C. The van der Waals surface area contributed by atoms with Gasteiger partial charge in [0.05, 0.1) is 33.8 Å². The first kappa shape index (κ1) is 20.9. The Hall–Kier alpha value is -1.13. The summed E-state index contributed by atoms with van der Waals surface area (Å²) < 4.78 is 0.871. The van der Waals surface area contributed by atoms with Crippen LogP contribution in [0.5, 0.6) is 0 Å². The first-order valence-corrected chi connectivity index (χ1v) is 8.40. The van der Waals surface area contributed by atoms with Gasteiger partial charge in [0.2, 0.25) is 5.91 Å². The molecular weight excluding hydrogens is 276 g/mol. The van der Waals surface area contributed by atoms with Crippen molar-refractivity contribution in [2.75, 3.05) is 34.2 Å². The van der Waals surface area contributed by atoms with E-state index in [1.165, 1.54) is 0 Å². The molecule has 1 amide bonds. The minimum atomic E-state index is -0.460. The Morgan fingerprint density at radius 2 is 1.86 bits per heavy atom. The predicted molar refractivity (Wildman–Crippen MR) is 93.6 cm³/mol. The summed E-state index contributed by atoms with van der Waals surface area (Å²) in [5, 5.41) is 12.6. The zero-order chi connectivity index (χ0) is 16.8. The predicted octanol–water partition coefficient (Wildman–Crippen LogP) is 2.64. The van der Waals surface area contributed by atoms with Gasteiger partial charge in [0.25, 0.3) is 0 Å². The number of nitrogens with zero attached hydrogens (tertiary/aromatic N) is 1. The average Bonchev–Trinajstić information content (AvgIpc) is 2.43. The van der Waals surface area contributed by atoms with Crippen molar-refractivity contribution in [2.24, 2.45) is 0 Å². The maximum atomic E-state index is 11.7. The van der Waals surface area contributed by atoms with Gasteiger partial charge < -0.3 is 14.9 Å². The van der Waals surface area contributed by atoms with Crippen LogP contribution in [-0.2, 0) is 4.79 Å². The largest absolute Gasteiger partial charge is 0.391 e. The van der Waals surface area contributed by atoms with Crippen LogP contribution in [0.4, 0.5) is 0 Å². The zero-order valence-corrected chi connectivity index (χ0v) is 14.8. The fraction of sp³-hybridized carbons (Fsp3) is 0.722. The summed E-state index contributed by atoms with van der Waals surface area (Å²) in [6.07, 6.45) is 13.0. The number of hydrogen-bond donors (Lipinski definition) is 2. The first-order valence-electron chi connectivity index (χ1n) is 8.40. The van der Waals surface area contributed by atoms with Crippen LogP contribution >= 0.6 is 0 Å². The molecule has 4 heteroatoms. The lowest BCUT2D eigenvalue weighted by molar-refractivity contribution is -0.870. The Labute approximate surface area is 136 Å². The Kier molecular flexibility index (Phi) is 11.8. The van der Waals surface area contributed by atoms with Crippen molar-refractivity contribution < 1.29 is 14.4 Å². The quantitative estimate of drug-likeness (QED) is 0.430. The van der Waals surface area contributed by atoms with Gasteiger partial charge in [-0.05, 0) is 25.7 Å². The van der Waals surface area contributed by atoms with E-state index in [-0.39, 0.29) is 5.91 Å². The number of quaternary nitrogens is 1. The molecule has 0 aliphatic rings. The summed E-state index contributed by atoms with van der Waals surface area (Å²) in [6, 6.07) is 0. The van der Waals surface area contributed by atoms with Crippen molar-refractivity contribution in [2.45, 2.75) is 51.6 Å². The zero-order valence-electron chi connectivity index (χ0n) is 14.8. The molecule has 128 valence electrons. The second-order valence-electron chi connectivity index (χ2n) is 6.74. The molecule has 22 heavy (non-hydrogen) atoms. The summed E-state index contributed by atoms with van der Waals surface area (Å²) in [6.45, 7) is 3.45. The van der Waals surface area contributed by atoms with Crippen molar-refractivity contribution in [3.05, 3.63) is 24.3 Å². The van der Waals surface area contributed by atoms with Gasteiger partial charge in [-0.2, -0.15) is 0 Å². The van der Waals surface area contributed by atoms with E-state index in [4.69, 9.17) is 0 Å². The van der Waals surface area contributed by atoms with E-state index in [1.54, 1.807) is 0 Å². The molecule has 0 aliphatic carbocycles. The van der Waals surface area contributed by atoms with Crippen LogP contribution in [0, 0.1) is 0 Å². The Bertz CT molecular complexity index is 343. The second-order valence-corrected chi connectivity index (χ2v) is 6.74. The third-order valence-electron chi connectivity index (χ3n) is 3.28. The number of hydrogen-bond acceptors (Lipinski definition) is 2. The van der Waals surface area contributed by atoms with Crippen molar-refractivity contribution in [1.29, 1.82) is 0 Å². The number of carbonyl (C=O) groups excluding carboxylic acids is 1. The number of aliphatic hydroxyl groups excluding tert-OH is 1. The molecule has 0 saturated heterocycles. The highest BCUT2D eigenvalue weighted by Gasteiger charge is 2.10. The molecule has 0 bridgehead atoms. The van der Waals surface area contributed by atoms with E-state index >= 15 is 0 Å². The second kappa shape index (κ2) is 12.4. The van der Waals surface area contributed by atoms with Crippen LogP contribution in [0.1, 0.15) is 45.4 Å². The van der Waals surface area contributed by atoms with Crippen LogP contribution in [0.25, 0.3) is 0 Å². The van der Waals surface area contributed by atoms with E-state index in [0.29, 0.717) is 19.4 Å². The lowest BCUT2D eigenvalue weighted by Gasteiger charge is -2.23. The highest BCUT2D eigenvalue weighted by molar-refractivity contribution is 5.75.